The van der Waals surface area contributed by atoms with Gasteiger partial charge in [0.05, 0.1) is 0 Å². The topological polar surface area (TPSA) is 75.6 Å². The van der Waals surface area contributed by atoms with Crippen molar-refractivity contribution in [3.63, 3.8) is 0 Å². The van der Waals surface area contributed by atoms with E-state index in [2.05, 4.69) is 17.4 Å². The van der Waals surface area contributed by atoms with Gasteiger partial charge in [0.1, 0.15) is 13.2 Å². The number of carbonyl (C=O) groups is 2. The van der Waals surface area contributed by atoms with Crippen LogP contribution in [0.5, 0.6) is 0 Å². The van der Waals surface area contributed by atoms with Crippen molar-refractivity contribution >= 4 is 12.1 Å². The molecule has 0 saturated heterocycles. The van der Waals surface area contributed by atoms with Crippen LogP contribution in [0, 0.1) is 0 Å². The number of fused-ring (bicyclic) bond motifs is 3. The number of alkyl carbamates (subject to hydrolysis) is 1. The number of amides is 1. The molecule has 1 aliphatic rings. The Morgan fingerprint density at radius 2 is 1.55 bits per heavy atom. The van der Waals surface area contributed by atoms with Crippen molar-refractivity contribution in [1.82, 2.24) is 5.32 Å². The Morgan fingerprint density at radius 1 is 1.00 bits per heavy atom. The second-order valence-electron chi connectivity index (χ2n) is 5.07. The molecule has 1 amide bonds. The van der Waals surface area contributed by atoms with E-state index in [1.54, 1.807) is 0 Å². The van der Waals surface area contributed by atoms with Crippen LogP contribution in [0.2, 0.25) is 0 Å². The molecule has 0 unspecified atom stereocenters. The third-order valence-corrected chi connectivity index (χ3v) is 3.73. The van der Waals surface area contributed by atoms with Crippen LogP contribution in [-0.2, 0) is 9.53 Å². The van der Waals surface area contributed by atoms with E-state index in [1.165, 1.54) is 0 Å². The number of ether oxygens (including phenoxy) is 1. The van der Waals surface area contributed by atoms with Gasteiger partial charge in [-0.05, 0) is 22.3 Å². The molecule has 22 heavy (non-hydrogen) atoms. The van der Waals surface area contributed by atoms with Crippen molar-refractivity contribution in [3.8, 4) is 11.1 Å². The minimum Gasteiger partial charge on any atom is -0.480 e. The lowest BCUT2D eigenvalue weighted by Crippen LogP contribution is -2.30. The Bertz CT molecular complexity index is 681. The van der Waals surface area contributed by atoms with Gasteiger partial charge < -0.3 is 15.2 Å². The van der Waals surface area contributed by atoms with Gasteiger partial charge in [-0.15, -0.1) is 0 Å². The minimum absolute atomic E-state index is 0.0250. The first kappa shape index (κ1) is 14.1. The molecule has 0 heterocycles. The number of carboxylic acids is 1. The quantitative estimate of drug-likeness (QED) is 0.851. The van der Waals surface area contributed by atoms with Crippen molar-refractivity contribution in [1.29, 1.82) is 0 Å². The molecule has 0 saturated carbocycles. The van der Waals surface area contributed by atoms with Crippen LogP contribution in [0.25, 0.3) is 11.1 Å². The van der Waals surface area contributed by atoms with Crippen LogP contribution >= 0.6 is 0 Å². The Labute approximate surface area is 127 Å². The summed E-state index contributed by atoms with van der Waals surface area (Å²) in [5.74, 6) is -1.13. The maximum absolute atomic E-state index is 11.5. The second-order valence-corrected chi connectivity index (χ2v) is 5.07. The van der Waals surface area contributed by atoms with E-state index in [4.69, 9.17) is 9.84 Å². The maximum Gasteiger partial charge on any atom is 0.407 e. The fourth-order valence-corrected chi connectivity index (χ4v) is 2.80. The Kier molecular flexibility index (Phi) is 3.78. The van der Waals surface area contributed by atoms with Crippen LogP contribution in [0.15, 0.2) is 48.5 Å². The lowest BCUT2D eigenvalue weighted by molar-refractivity contribution is -0.135. The fourth-order valence-electron chi connectivity index (χ4n) is 2.80. The molecule has 0 radical (unpaired) electrons. The van der Waals surface area contributed by atoms with E-state index in [9.17, 15) is 9.59 Å². The summed E-state index contributed by atoms with van der Waals surface area (Å²) >= 11 is 0. The average molecular weight is 298 g/mol. The number of benzene rings is 2. The van der Waals surface area contributed by atoms with Crippen molar-refractivity contribution in [2.45, 2.75) is 5.92 Å². The van der Waals surface area contributed by atoms with Crippen molar-refractivity contribution in [2.75, 3.05) is 13.2 Å². The number of carbonyl (C=O) groups excluding carboxylic acids is 1. The molecule has 1 aliphatic carbocycles. The summed E-state index contributed by atoms with van der Waals surface area (Å²) in [6, 6.07) is 16.1. The molecular weight excluding hydrogens is 283 g/mol. The maximum atomic E-state index is 11.5. The number of carboxylic acid groups (broad SMARTS) is 1. The highest BCUT2D eigenvalue weighted by Crippen LogP contribution is 2.44. The smallest absolute Gasteiger partial charge is 0.407 e. The summed E-state index contributed by atoms with van der Waals surface area (Å²) in [6.07, 6.45) is -0.718. The fraction of sp³-hybridized carbons (Fsp3) is 0.176. The first-order valence-corrected chi connectivity index (χ1v) is 6.97. The molecule has 2 aromatic carbocycles. The van der Waals surface area contributed by atoms with E-state index < -0.39 is 18.6 Å². The zero-order chi connectivity index (χ0) is 15.5. The van der Waals surface area contributed by atoms with Gasteiger partial charge >= 0.3 is 12.1 Å². The van der Waals surface area contributed by atoms with Crippen LogP contribution in [-0.4, -0.2) is 30.3 Å². The molecule has 0 fully saturated rings. The molecule has 0 atom stereocenters. The molecule has 2 N–H and O–H groups in total. The number of aliphatic carboxylic acids is 1. The molecule has 2 aromatic rings. The van der Waals surface area contributed by atoms with Crippen molar-refractivity contribution < 1.29 is 19.4 Å². The Balaban J connectivity index is 1.77. The van der Waals surface area contributed by atoms with Gasteiger partial charge in [0.25, 0.3) is 0 Å². The highest BCUT2D eigenvalue weighted by atomic mass is 16.5. The first-order chi connectivity index (χ1) is 10.7. The first-order valence-electron chi connectivity index (χ1n) is 6.97. The Hall–Kier alpha value is -2.82. The summed E-state index contributed by atoms with van der Waals surface area (Å²) < 4.78 is 5.18. The molecule has 0 spiro atoms. The van der Waals surface area contributed by atoms with Gasteiger partial charge in [0, 0.05) is 5.92 Å². The average Bonchev–Trinajstić information content (AvgIpc) is 2.85. The monoisotopic (exact) mass is 298 g/mol. The summed E-state index contributed by atoms with van der Waals surface area (Å²) in [7, 11) is 0. The van der Waals surface area contributed by atoms with Gasteiger partial charge in [-0.1, -0.05) is 48.5 Å². The van der Waals surface area contributed by atoms with Crippen LogP contribution < -0.4 is 5.32 Å². The molecule has 3 rings (SSSR count). The second kappa shape index (κ2) is 5.89. The predicted octanol–water partition coefficient (Wildman–Crippen LogP) is 2.61. The van der Waals surface area contributed by atoms with Crippen molar-refractivity contribution in [2.24, 2.45) is 0 Å². The summed E-state index contributed by atoms with van der Waals surface area (Å²) in [6.45, 7) is -0.268. The van der Waals surface area contributed by atoms with E-state index in [-0.39, 0.29) is 12.5 Å². The van der Waals surface area contributed by atoms with Crippen LogP contribution in [0.3, 0.4) is 0 Å². The summed E-state index contributed by atoms with van der Waals surface area (Å²) in [5.41, 5.74) is 4.54. The van der Waals surface area contributed by atoms with Gasteiger partial charge in [0.15, 0.2) is 0 Å². The zero-order valence-electron chi connectivity index (χ0n) is 11.8. The molecule has 5 nitrogen and oxygen atoms in total. The normalized spacial score (nSPS) is 12.4. The number of rotatable bonds is 4. The zero-order valence-corrected chi connectivity index (χ0v) is 11.8. The Morgan fingerprint density at radius 3 is 2.09 bits per heavy atom. The molecule has 112 valence electrons. The lowest BCUT2D eigenvalue weighted by Gasteiger charge is -2.14. The highest BCUT2D eigenvalue weighted by molar-refractivity contribution is 5.79. The number of hydrogen-bond acceptors (Lipinski definition) is 3. The predicted molar refractivity (Wildman–Crippen MR) is 80.7 cm³/mol. The van der Waals surface area contributed by atoms with Gasteiger partial charge in [-0.25, -0.2) is 4.79 Å². The van der Waals surface area contributed by atoms with E-state index in [0.29, 0.717) is 0 Å². The van der Waals surface area contributed by atoms with Gasteiger partial charge in [-0.2, -0.15) is 0 Å². The summed E-state index contributed by atoms with van der Waals surface area (Å²) in [5, 5.41) is 10.7. The molecule has 5 heteroatoms. The van der Waals surface area contributed by atoms with Crippen LogP contribution in [0.1, 0.15) is 17.0 Å². The molecule has 0 bridgehead atoms. The number of nitrogens with one attached hydrogen (secondary N) is 1. The lowest BCUT2D eigenvalue weighted by atomic mass is 9.98. The van der Waals surface area contributed by atoms with E-state index in [1.807, 2.05) is 36.4 Å². The minimum atomic E-state index is -1.10. The van der Waals surface area contributed by atoms with E-state index >= 15 is 0 Å². The SMILES string of the molecule is O=C(NC[13C](=O)O)OCC1c2ccccc2-c2ccccc21. The third-order valence-electron chi connectivity index (χ3n) is 3.73. The molecule has 0 aromatic heterocycles. The van der Waals surface area contributed by atoms with Gasteiger partial charge in [0.2, 0.25) is 0 Å². The van der Waals surface area contributed by atoms with Crippen LogP contribution in [0.4, 0.5) is 4.79 Å². The third kappa shape index (κ3) is 2.65. The largest absolute Gasteiger partial charge is 0.480 e. The number of hydrogen-bond donors (Lipinski definition) is 2. The highest BCUT2D eigenvalue weighted by Gasteiger charge is 2.28. The molecular formula is C17H15NO4. The molecule has 0 aliphatic heterocycles. The van der Waals surface area contributed by atoms with Crippen molar-refractivity contribution in [3.05, 3.63) is 59.7 Å². The summed E-state index contributed by atoms with van der Waals surface area (Å²) in [4.78, 5) is 22.0. The van der Waals surface area contributed by atoms with Gasteiger partial charge in [-0.3, -0.25) is 4.79 Å². The standard InChI is InChI=1S/C17H15NO4/c19-16(20)9-18-17(21)22-10-15-13-7-3-1-5-11(13)12-6-2-4-8-14(12)15/h1-8,15H,9-10H2,(H,18,21)(H,19,20)/i16+1. The van der Waals surface area contributed by atoms with E-state index in [0.717, 1.165) is 22.3 Å².